The van der Waals surface area contributed by atoms with E-state index in [-0.39, 0.29) is 0 Å². The van der Waals surface area contributed by atoms with Crippen LogP contribution in [0.3, 0.4) is 0 Å². The smallest absolute Gasteiger partial charge is 0.0543 e. The fraction of sp³-hybridized carbons (Fsp3) is 1.00. The summed E-state index contributed by atoms with van der Waals surface area (Å²) in [5, 5.41) is 0. The van der Waals surface area contributed by atoms with E-state index < -0.39 is 0 Å². The highest BCUT2D eigenvalue weighted by molar-refractivity contribution is 8.76. The zero-order chi connectivity index (χ0) is 5.70. The first-order valence-electron chi connectivity index (χ1n) is 2.07. The quantitative estimate of drug-likeness (QED) is 0.429. The van der Waals surface area contributed by atoms with E-state index >= 15 is 0 Å². The van der Waals surface area contributed by atoms with Crippen molar-refractivity contribution in [3.63, 3.8) is 0 Å². The van der Waals surface area contributed by atoms with Crippen LogP contribution < -0.4 is 0 Å². The van der Waals surface area contributed by atoms with Gasteiger partial charge < -0.3 is 0 Å². The third-order valence-electron chi connectivity index (χ3n) is 0.429. The van der Waals surface area contributed by atoms with E-state index in [1.54, 1.807) is 10.8 Å². The summed E-state index contributed by atoms with van der Waals surface area (Å²) >= 11 is 0. The van der Waals surface area contributed by atoms with Crippen LogP contribution in [0, 0.1) is 0 Å². The summed E-state index contributed by atoms with van der Waals surface area (Å²) in [6.45, 7) is 0. The van der Waals surface area contributed by atoms with Crippen molar-refractivity contribution >= 4 is 21.6 Å². The maximum atomic E-state index is 2.15. The summed E-state index contributed by atoms with van der Waals surface area (Å²) in [6.07, 6.45) is 2.09. The molecule has 0 radical (unpaired) electrons. The van der Waals surface area contributed by atoms with Gasteiger partial charge in [0.25, 0.3) is 0 Å². The molecular formula is C4H11NS2. The molecule has 0 atom stereocenters. The Kier molecular flexibility index (Phi) is 5.26. The molecule has 0 spiro atoms. The lowest BCUT2D eigenvalue weighted by atomic mass is 11.0. The molecule has 0 aromatic rings. The summed E-state index contributed by atoms with van der Waals surface area (Å²) in [7, 11) is 7.81. The maximum Gasteiger partial charge on any atom is 0.0543 e. The number of nitrogens with zero attached hydrogens (tertiary/aromatic N) is 1. The molecule has 0 aromatic heterocycles. The van der Waals surface area contributed by atoms with Gasteiger partial charge in [0.1, 0.15) is 0 Å². The lowest BCUT2D eigenvalue weighted by Crippen LogP contribution is -2.08. The molecule has 0 heterocycles. The van der Waals surface area contributed by atoms with Gasteiger partial charge in [-0.15, -0.1) is 0 Å². The minimum absolute atomic E-state index is 1.11. The molecule has 3 heteroatoms. The first kappa shape index (κ1) is 7.66. The molecule has 0 rings (SSSR count). The van der Waals surface area contributed by atoms with Gasteiger partial charge >= 0.3 is 0 Å². The van der Waals surface area contributed by atoms with Crippen LogP contribution in [0.25, 0.3) is 0 Å². The van der Waals surface area contributed by atoms with Crippen LogP contribution in [0.2, 0.25) is 0 Å². The molecule has 44 valence electrons. The average Bonchev–Trinajstić information content (AvgIpc) is 1.61. The third kappa shape index (κ3) is 6.66. The van der Waals surface area contributed by atoms with E-state index in [9.17, 15) is 0 Å². The molecule has 0 aliphatic carbocycles. The van der Waals surface area contributed by atoms with Gasteiger partial charge in [-0.3, -0.25) is 4.90 Å². The number of rotatable bonds is 3. The second-order valence-electron chi connectivity index (χ2n) is 1.49. The van der Waals surface area contributed by atoms with E-state index in [0.717, 1.165) is 5.88 Å². The van der Waals surface area contributed by atoms with Gasteiger partial charge in [-0.1, -0.05) is 21.6 Å². The first-order chi connectivity index (χ1) is 3.27. The van der Waals surface area contributed by atoms with Crippen molar-refractivity contribution in [2.45, 2.75) is 0 Å². The molecular weight excluding hydrogens is 126 g/mol. The molecule has 0 bridgehead atoms. The van der Waals surface area contributed by atoms with Crippen molar-refractivity contribution in [1.82, 2.24) is 4.90 Å². The summed E-state index contributed by atoms with van der Waals surface area (Å²) < 4.78 is 0. The fourth-order valence-corrected chi connectivity index (χ4v) is 1.42. The molecule has 0 fully saturated rings. The lowest BCUT2D eigenvalue weighted by Gasteiger charge is -2.04. The van der Waals surface area contributed by atoms with Crippen LogP contribution in [0.15, 0.2) is 0 Å². The molecule has 0 N–H and O–H groups in total. The van der Waals surface area contributed by atoms with Gasteiger partial charge in [-0.25, -0.2) is 0 Å². The highest BCUT2D eigenvalue weighted by Crippen LogP contribution is 2.15. The predicted octanol–water partition coefficient (Wildman–Crippen LogP) is 1.52. The summed E-state index contributed by atoms with van der Waals surface area (Å²) in [5.74, 6) is 1.11. The van der Waals surface area contributed by atoms with Crippen LogP contribution in [0.4, 0.5) is 0 Å². The van der Waals surface area contributed by atoms with Crippen molar-refractivity contribution in [3.8, 4) is 0 Å². The van der Waals surface area contributed by atoms with Crippen molar-refractivity contribution in [1.29, 1.82) is 0 Å². The van der Waals surface area contributed by atoms with E-state index in [4.69, 9.17) is 0 Å². The van der Waals surface area contributed by atoms with Crippen molar-refractivity contribution < 1.29 is 0 Å². The second-order valence-corrected chi connectivity index (χ2v) is 4.03. The van der Waals surface area contributed by atoms with Crippen LogP contribution >= 0.6 is 21.6 Å². The molecule has 0 aliphatic rings. The molecule has 0 aliphatic heterocycles. The maximum absolute atomic E-state index is 2.15. The molecule has 1 nitrogen and oxygen atoms in total. The van der Waals surface area contributed by atoms with Crippen LogP contribution in [0.5, 0.6) is 0 Å². The number of hydrogen-bond acceptors (Lipinski definition) is 3. The van der Waals surface area contributed by atoms with Gasteiger partial charge in [-0.05, 0) is 20.4 Å². The Balaban J connectivity index is 2.68. The normalized spacial score (nSPS) is 10.3. The van der Waals surface area contributed by atoms with Crippen molar-refractivity contribution in [3.05, 3.63) is 0 Å². The van der Waals surface area contributed by atoms with E-state index in [1.807, 2.05) is 10.8 Å². The highest BCUT2D eigenvalue weighted by Gasteiger charge is 1.84. The molecule has 0 saturated heterocycles. The lowest BCUT2D eigenvalue weighted by molar-refractivity contribution is 0.487. The van der Waals surface area contributed by atoms with Crippen LogP contribution in [-0.2, 0) is 0 Å². The van der Waals surface area contributed by atoms with Crippen molar-refractivity contribution in [2.24, 2.45) is 0 Å². The Morgan fingerprint density at radius 3 is 2.14 bits per heavy atom. The number of hydrogen-bond donors (Lipinski definition) is 0. The van der Waals surface area contributed by atoms with Gasteiger partial charge in [0, 0.05) is 0 Å². The van der Waals surface area contributed by atoms with Gasteiger partial charge in [0.15, 0.2) is 0 Å². The van der Waals surface area contributed by atoms with Gasteiger partial charge in [0.05, 0.1) is 5.88 Å². The van der Waals surface area contributed by atoms with E-state index in [2.05, 4.69) is 25.3 Å². The molecule has 0 unspecified atom stereocenters. The minimum Gasteiger partial charge on any atom is -0.299 e. The Morgan fingerprint density at radius 2 is 2.00 bits per heavy atom. The highest BCUT2D eigenvalue weighted by atomic mass is 33.1. The van der Waals surface area contributed by atoms with Gasteiger partial charge in [0.2, 0.25) is 0 Å². The topological polar surface area (TPSA) is 3.24 Å². The SMILES string of the molecule is CSSCN(C)C. The predicted molar refractivity (Wildman–Crippen MR) is 39.7 cm³/mol. The minimum atomic E-state index is 1.11. The van der Waals surface area contributed by atoms with Crippen molar-refractivity contribution in [2.75, 3.05) is 26.2 Å². The molecule has 0 aromatic carbocycles. The monoisotopic (exact) mass is 137 g/mol. The largest absolute Gasteiger partial charge is 0.299 e. The van der Waals surface area contributed by atoms with Gasteiger partial charge in [-0.2, -0.15) is 0 Å². The molecule has 7 heavy (non-hydrogen) atoms. The standard InChI is InChI=1S/C4H11NS2/c1-5(2)4-7-6-3/h4H2,1-3H3. The Labute approximate surface area is 53.2 Å². The van der Waals surface area contributed by atoms with Crippen LogP contribution in [-0.4, -0.2) is 31.1 Å². The average molecular weight is 137 g/mol. The zero-order valence-corrected chi connectivity index (χ0v) is 6.60. The summed E-state index contributed by atoms with van der Waals surface area (Å²) in [5.41, 5.74) is 0. The first-order valence-corrected chi connectivity index (χ1v) is 4.80. The Hall–Kier alpha value is 0.660. The Bertz CT molecular complexity index is 38.7. The van der Waals surface area contributed by atoms with Crippen LogP contribution in [0.1, 0.15) is 0 Å². The van der Waals surface area contributed by atoms with E-state index in [1.165, 1.54) is 0 Å². The zero-order valence-electron chi connectivity index (χ0n) is 4.97. The fourth-order valence-electron chi connectivity index (χ4n) is 0.158. The van der Waals surface area contributed by atoms with E-state index in [0.29, 0.717) is 0 Å². The summed E-state index contributed by atoms with van der Waals surface area (Å²) in [4.78, 5) is 2.15. The Morgan fingerprint density at radius 1 is 1.43 bits per heavy atom. The second kappa shape index (κ2) is 4.81. The third-order valence-corrected chi connectivity index (χ3v) is 2.31. The molecule has 0 amide bonds. The molecule has 0 saturated carbocycles. The summed E-state index contributed by atoms with van der Waals surface area (Å²) in [6, 6.07) is 0.